The largest absolute Gasteiger partial charge is 0.326 e. The molecular formula is C13H14BrN3S. The van der Waals surface area contributed by atoms with E-state index >= 15 is 0 Å². The van der Waals surface area contributed by atoms with E-state index in [0.29, 0.717) is 6.54 Å². The van der Waals surface area contributed by atoms with Crippen molar-refractivity contribution in [2.45, 2.75) is 30.4 Å². The molecule has 0 unspecified atom stereocenters. The highest BCUT2D eigenvalue weighted by Crippen LogP contribution is 2.29. The lowest BCUT2D eigenvalue weighted by atomic mass is 10.1. The van der Waals surface area contributed by atoms with Gasteiger partial charge < -0.3 is 5.73 Å². The smallest absolute Gasteiger partial charge is 0.107 e. The summed E-state index contributed by atoms with van der Waals surface area (Å²) in [6.45, 7) is 4.56. The Bertz CT molecular complexity index is 555. The van der Waals surface area contributed by atoms with E-state index in [4.69, 9.17) is 5.73 Å². The van der Waals surface area contributed by atoms with Gasteiger partial charge in [-0.2, -0.15) is 0 Å². The number of hydrogen-bond donors (Lipinski definition) is 1. The summed E-state index contributed by atoms with van der Waals surface area (Å²) in [6.07, 6.45) is 1.78. The molecule has 0 atom stereocenters. The fraction of sp³-hybridized carbons (Fsp3) is 0.231. The fourth-order valence-electron chi connectivity index (χ4n) is 1.68. The Labute approximate surface area is 119 Å². The Kier molecular flexibility index (Phi) is 4.37. The summed E-state index contributed by atoms with van der Waals surface area (Å²) in [7, 11) is 0. The standard InChI is InChI=1S/C13H14BrN3S/c1-8-5-9(2)17-13(11(8)6-15)18-12-4-3-10(14)7-16-12/h3-5,7H,6,15H2,1-2H3. The molecule has 0 aromatic carbocycles. The number of rotatable bonds is 3. The molecule has 2 N–H and O–H groups in total. The van der Waals surface area contributed by atoms with Crippen LogP contribution in [0.5, 0.6) is 0 Å². The van der Waals surface area contributed by atoms with Gasteiger partial charge in [0.1, 0.15) is 10.1 Å². The van der Waals surface area contributed by atoms with Crippen LogP contribution in [-0.2, 0) is 6.54 Å². The summed E-state index contributed by atoms with van der Waals surface area (Å²) in [5.74, 6) is 0. The summed E-state index contributed by atoms with van der Waals surface area (Å²) in [6, 6.07) is 6.00. The molecule has 0 aliphatic rings. The average molecular weight is 324 g/mol. The van der Waals surface area contributed by atoms with Crippen molar-refractivity contribution in [1.29, 1.82) is 0 Å². The monoisotopic (exact) mass is 323 g/mol. The molecule has 5 heteroatoms. The lowest BCUT2D eigenvalue weighted by Crippen LogP contribution is -2.04. The summed E-state index contributed by atoms with van der Waals surface area (Å²) < 4.78 is 0.972. The van der Waals surface area contributed by atoms with Crippen molar-refractivity contribution >= 4 is 27.7 Å². The first-order valence-corrected chi connectivity index (χ1v) is 7.17. The van der Waals surface area contributed by atoms with Crippen LogP contribution in [0.15, 0.2) is 38.9 Å². The van der Waals surface area contributed by atoms with Gasteiger partial charge in [-0.15, -0.1) is 0 Å². The molecule has 0 saturated heterocycles. The number of hydrogen-bond acceptors (Lipinski definition) is 4. The van der Waals surface area contributed by atoms with Crippen LogP contribution in [0, 0.1) is 13.8 Å². The topological polar surface area (TPSA) is 51.8 Å². The molecule has 0 spiro atoms. The molecule has 94 valence electrons. The van der Waals surface area contributed by atoms with Gasteiger partial charge in [0.2, 0.25) is 0 Å². The van der Waals surface area contributed by atoms with E-state index in [-0.39, 0.29) is 0 Å². The van der Waals surface area contributed by atoms with Gasteiger partial charge in [-0.05, 0) is 65.3 Å². The van der Waals surface area contributed by atoms with E-state index in [1.807, 2.05) is 19.1 Å². The molecule has 0 fully saturated rings. The Morgan fingerprint density at radius 1 is 1.33 bits per heavy atom. The van der Waals surface area contributed by atoms with Crippen molar-refractivity contribution < 1.29 is 0 Å². The molecule has 0 amide bonds. The molecule has 0 aliphatic carbocycles. The maximum Gasteiger partial charge on any atom is 0.107 e. The molecule has 0 bridgehead atoms. The van der Waals surface area contributed by atoms with Crippen LogP contribution < -0.4 is 5.73 Å². The average Bonchev–Trinajstić information content (AvgIpc) is 2.32. The van der Waals surface area contributed by atoms with Crippen LogP contribution in [0.2, 0.25) is 0 Å². The van der Waals surface area contributed by atoms with Crippen LogP contribution in [-0.4, -0.2) is 9.97 Å². The van der Waals surface area contributed by atoms with E-state index in [9.17, 15) is 0 Å². The van der Waals surface area contributed by atoms with E-state index in [2.05, 4.69) is 38.9 Å². The summed E-state index contributed by atoms with van der Waals surface area (Å²) >= 11 is 4.93. The van der Waals surface area contributed by atoms with Crippen molar-refractivity contribution in [3.63, 3.8) is 0 Å². The molecule has 2 heterocycles. The first-order valence-electron chi connectivity index (χ1n) is 5.56. The second-order valence-electron chi connectivity index (χ2n) is 3.99. The molecule has 0 radical (unpaired) electrons. The predicted octanol–water partition coefficient (Wildman–Crippen LogP) is 3.47. The zero-order valence-corrected chi connectivity index (χ0v) is 12.7. The number of pyridine rings is 2. The van der Waals surface area contributed by atoms with Gasteiger partial charge in [-0.3, -0.25) is 0 Å². The Morgan fingerprint density at radius 2 is 2.11 bits per heavy atom. The van der Waals surface area contributed by atoms with Gasteiger partial charge in [0, 0.05) is 28.5 Å². The number of aryl methyl sites for hydroxylation is 2. The highest BCUT2D eigenvalue weighted by atomic mass is 79.9. The quantitative estimate of drug-likeness (QED) is 0.939. The Hall–Kier alpha value is -0.910. The number of nitrogens with two attached hydrogens (primary N) is 1. The third-order valence-electron chi connectivity index (χ3n) is 2.54. The lowest BCUT2D eigenvalue weighted by Gasteiger charge is -2.10. The van der Waals surface area contributed by atoms with Gasteiger partial charge in [-0.25, -0.2) is 9.97 Å². The van der Waals surface area contributed by atoms with Crippen molar-refractivity contribution in [2.75, 3.05) is 0 Å². The molecule has 2 rings (SSSR count). The third-order valence-corrected chi connectivity index (χ3v) is 3.99. The second kappa shape index (κ2) is 5.82. The van der Waals surface area contributed by atoms with E-state index in [1.54, 1.807) is 18.0 Å². The highest BCUT2D eigenvalue weighted by molar-refractivity contribution is 9.10. The van der Waals surface area contributed by atoms with Crippen LogP contribution >= 0.6 is 27.7 Å². The number of nitrogens with zero attached hydrogens (tertiary/aromatic N) is 2. The van der Waals surface area contributed by atoms with Gasteiger partial charge in [0.05, 0.1) is 0 Å². The summed E-state index contributed by atoms with van der Waals surface area (Å²) in [4.78, 5) is 8.90. The third kappa shape index (κ3) is 3.10. The van der Waals surface area contributed by atoms with Crippen molar-refractivity contribution in [1.82, 2.24) is 9.97 Å². The molecule has 18 heavy (non-hydrogen) atoms. The number of aromatic nitrogens is 2. The van der Waals surface area contributed by atoms with Crippen LogP contribution in [0.3, 0.4) is 0 Å². The lowest BCUT2D eigenvalue weighted by molar-refractivity contribution is 0.919. The second-order valence-corrected chi connectivity index (χ2v) is 5.91. The van der Waals surface area contributed by atoms with Crippen molar-refractivity contribution in [3.8, 4) is 0 Å². The van der Waals surface area contributed by atoms with E-state index in [0.717, 1.165) is 25.8 Å². The number of halogens is 1. The summed E-state index contributed by atoms with van der Waals surface area (Å²) in [5, 5.41) is 1.87. The van der Waals surface area contributed by atoms with Crippen molar-refractivity contribution in [2.24, 2.45) is 5.73 Å². The fourth-order valence-corrected chi connectivity index (χ4v) is 2.91. The minimum atomic E-state index is 0.498. The minimum Gasteiger partial charge on any atom is -0.326 e. The van der Waals surface area contributed by atoms with Gasteiger partial charge in [0.15, 0.2) is 0 Å². The Balaban J connectivity index is 2.36. The summed E-state index contributed by atoms with van der Waals surface area (Å²) in [5.41, 5.74) is 9.08. The molecule has 2 aromatic rings. The zero-order valence-electron chi connectivity index (χ0n) is 10.3. The zero-order chi connectivity index (χ0) is 13.1. The van der Waals surface area contributed by atoms with Crippen LogP contribution in [0.25, 0.3) is 0 Å². The normalized spacial score (nSPS) is 10.7. The maximum absolute atomic E-state index is 5.80. The van der Waals surface area contributed by atoms with Crippen LogP contribution in [0.4, 0.5) is 0 Å². The van der Waals surface area contributed by atoms with E-state index in [1.165, 1.54) is 5.56 Å². The van der Waals surface area contributed by atoms with Crippen molar-refractivity contribution in [3.05, 3.63) is 45.7 Å². The molecular weight excluding hydrogens is 310 g/mol. The first kappa shape index (κ1) is 13.5. The predicted molar refractivity (Wildman–Crippen MR) is 77.7 cm³/mol. The first-order chi connectivity index (χ1) is 8.60. The molecule has 3 nitrogen and oxygen atoms in total. The van der Waals surface area contributed by atoms with Gasteiger partial charge in [0.25, 0.3) is 0 Å². The molecule has 0 aliphatic heterocycles. The SMILES string of the molecule is Cc1cc(C)c(CN)c(Sc2ccc(Br)cn2)n1. The Morgan fingerprint density at radius 3 is 2.72 bits per heavy atom. The minimum absolute atomic E-state index is 0.498. The van der Waals surface area contributed by atoms with E-state index < -0.39 is 0 Å². The van der Waals surface area contributed by atoms with Gasteiger partial charge in [-0.1, -0.05) is 0 Å². The van der Waals surface area contributed by atoms with Gasteiger partial charge >= 0.3 is 0 Å². The van der Waals surface area contributed by atoms with Crippen LogP contribution in [0.1, 0.15) is 16.8 Å². The highest BCUT2D eigenvalue weighted by Gasteiger charge is 2.09. The maximum atomic E-state index is 5.80. The molecule has 0 saturated carbocycles. The molecule has 2 aromatic heterocycles.